The predicted octanol–water partition coefficient (Wildman–Crippen LogP) is 7.23. The number of nitrogens with two attached hydrogens (primary N) is 1. The van der Waals surface area contributed by atoms with E-state index in [-0.39, 0.29) is 16.9 Å². The van der Waals surface area contributed by atoms with Gasteiger partial charge in [0.25, 0.3) is 0 Å². The van der Waals surface area contributed by atoms with Crippen molar-refractivity contribution in [2.75, 3.05) is 0 Å². The van der Waals surface area contributed by atoms with Crippen LogP contribution < -0.4 is 5.73 Å². The number of rotatable bonds is 1. The van der Waals surface area contributed by atoms with E-state index in [1.54, 1.807) is 5.57 Å². The van der Waals surface area contributed by atoms with Crippen LogP contribution in [0.2, 0.25) is 0 Å². The molecular weight excluding hydrogens is 390 g/mol. The van der Waals surface area contributed by atoms with Gasteiger partial charge in [-0.15, -0.1) is 0 Å². The Hall–Kier alpha value is -0.890. The molecule has 178 valence electrons. The molecule has 0 radical (unpaired) electrons. The number of ketones is 1. The van der Waals surface area contributed by atoms with Crippen LogP contribution in [0.4, 0.5) is 0 Å². The van der Waals surface area contributed by atoms with Crippen LogP contribution in [0, 0.1) is 45.3 Å². The van der Waals surface area contributed by atoms with Crippen molar-refractivity contribution in [2.45, 2.75) is 112 Å². The topological polar surface area (TPSA) is 43.1 Å². The van der Waals surface area contributed by atoms with Gasteiger partial charge in [-0.1, -0.05) is 60.1 Å². The minimum atomic E-state index is -0.363. The first-order chi connectivity index (χ1) is 14.7. The lowest BCUT2D eigenvalue weighted by Crippen LogP contribution is -2.65. The highest BCUT2D eigenvalue weighted by Crippen LogP contribution is 2.75. The molecule has 0 aromatic carbocycles. The van der Waals surface area contributed by atoms with Crippen molar-refractivity contribution in [3.63, 3.8) is 0 Å². The molecule has 0 aromatic heterocycles. The van der Waals surface area contributed by atoms with Crippen molar-refractivity contribution in [3.8, 4) is 0 Å². The standard InChI is InChI=1S/C30H47NO/c1-18(2)24-21(32)17-30(31)16-15-28(7)20(25(24)30)9-10-23-27(6)13-11-19(3)26(4,5)22(27)12-14-29(23,28)8/h11,18,20,22-23H,9-10,12-17,31H2,1-8H3/t20-,22+,23-,27+,28-,29-,30-/m1/s1. The van der Waals surface area contributed by atoms with Gasteiger partial charge in [-0.25, -0.2) is 0 Å². The number of Topliss-reactive ketones (excluding diaryl/α,β-unsaturated/α-hetero) is 1. The van der Waals surface area contributed by atoms with Crippen molar-refractivity contribution in [3.05, 3.63) is 22.8 Å². The maximum Gasteiger partial charge on any atom is 0.161 e. The smallest absolute Gasteiger partial charge is 0.161 e. The van der Waals surface area contributed by atoms with Crippen LogP contribution in [0.25, 0.3) is 0 Å². The number of carbonyl (C=O) groups excluding carboxylic acids is 1. The fourth-order valence-corrected chi connectivity index (χ4v) is 10.4. The van der Waals surface area contributed by atoms with Crippen molar-refractivity contribution in [1.29, 1.82) is 0 Å². The van der Waals surface area contributed by atoms with Crippen LogP contribution in [0.3, 0.4) is 0 Å². The minimum Gasteiger partial charge on any atom is -0.321 e. The Labute approximate surface area is 196 Å². The van der Waals surface area contributed by atoms with Gasteiger partial charge in [0.05, 0.1) is 0 Å². The molecule has 32 heavy (non-hydrogen) atoms. The highest BCUT2D eigenvalue weighted by atomic mass is 16.1. The highest BCUT2D eigenvalue weighted by Gasteiger charge is 2.68. The van der Waals surface area contributed by atoms with Crippen LogP contribution >= 0.6 is 0 Å². The van der Waals surface area contributed by atoms with Crippen molar-refractivity contribution >= 4 is 5.78 Å². The molecule has 0 spiro atoms. The lowest BCUT2D eigenvalue weighted by Gasteiger charge is -2.71. The number of allylic oxidation sites excluding steroid dienone is 3. The average molecular weight is 438 g/mol. The van der Waals surface area contributed by atoms with Crippen molar-refractivity contribution in [1.82, 2.24) is 0 Å². The van der Waals surface area contributed by atoms with Crippen LogP contribution in [0.1, 0.15) is 107 Å². The molecule has 5 aliphatic rings. The number of fused-ring (bicyclic) bond motifs is 7. The van der Waals surface area contributed by atoms with E-state index in [2.05, 4.69) is 61.5 Å². The zero-order valence-electron chi connectivity index (χ0n) is 22.0. The number of carbonyl (C=O) groups is 1. The van der Waals surface area contributed by atoms with E-state index in [0.717, 1.165) is 23.8 Å². The molecule has 0 unspecified atom stereocenters. The largest absolute Gasteiger partial charge is 0.321 e. The van der Waals surface area contributed by atoms with Crippen LogP contribution in [0.15, 0.2) is 22.8 Å². The summed E-state index contributed by atoms with van der Waals surface area (Å²) in [6, 6.07) is 0. The molecule has 2 heteroatoms. The lowest BCUT2D eigenvalue weighted by molar-refractivity contribution is -0.195. The van der Waals surface area contributed by atoms with Crippen LogP contribution in [0.5, 0.6) is 0 Å². The van der Waals surface area contributed by atoms with E-state index in [4.69, 9.17) is 5.73 Å². The van der Waals surface area contributed by atoms with E-state index >= 15 is 0 Å². The Morgan fingerprint density at radius 2 is 1.62 bits per heavy atom. The first-order valence-corrected chi connectivity index (χ1v) is 13.5. The Morgan fingerprint density at radius 3 is 2.28 bits per heavy atom. The third-order valence-electron chi connectivity index (χ3n) is 12.5. The maximum atomic E-state index is 13.1. The predicted molar refractivity (Wildman–Crippen MR) is 133 cm³/mol. The van der Waals surface area contributed by atoms with Gasteiger partial charge in [-0.3, -0.25) is 4.79 Å². The summed E-state index contributed by atoms with van der Waals surface area (Å²) in [6.45, 7) is 19.7. The number of hydrogen-bond acceptors (Lipinski definition) is 2. The first kappa shape index (κ1) is 22.9. The quantitative estimate of drug-likeness (QED) is 0.439. The van der Waals surface area contributed by atoms with Crippen LogP contribution in [-0.2, 0) is 4.79 Å². The molecule has 0 heterocycles. The van der Waals surface area contributed by atoms with Gasteiger partial charge in [-0.2, -0.15) is 0 Å². The molecule has 3 fully saturated rings. The van der Waals surface area contributed by atoms with Gasteiger partial charge in [0.15, 0.2) is 5.78 Å². The maximum absolute atomic E-state index is 13.1. The van der Waals surface area contributed by atoms with E-state index in [1.807, 2.05) is 0 Å². The minimum absolute atomic E-state index is 0.243. The molecule has 0 saturated heterocycles. The zero-order chi connectivity index (χ0) is 23.5. The van der Waals surface area contributed by atoms with Gasteiger partial charge in [0.2, 0.25) is 0 Å². The summed E-state index contributed by atoms with van der Waals surface area (Å²) in [6.07, 6.45) is 11.7. The normalized spacial score (nSPS) is 49.9. The molecule has 3 saturated carbocycles. The summed E-state index contributed by atoms with van der Waals surface area (Å²) in [5.74, 6) is 2.65. The van der Waals surface area contributed by atoms with Gasteiger partial charge in [-0.05, 0) is 108 Å². The highest BCUT2D eigenvalue weighted by molar-refractivity contribution is 6.01. The first-order valence-electron chi connectivity index (χ1n) is 13.5. The zero-order valence-corrected chi connectivity index (χ0v) is 22.0. The molecule has 0 aliphatic heterocycles. The van der Waals surface area contributed by atoms with E-state index in [1.165, 1.54) is 44.1 Å². The molecule has 5 aliphatic carbocycles. The molecule has 2 N–H and O–H groups in total. The lowest BCUT2D eigenvalue weighted by atomic mass is 9.33. The second-order valence-corrected chi connectivity index (χ2v) is 14.2. The summed E-state index contributed by atoms with van der Waals surface area (Å²) < 4.78 is 0. The average Bonchev–Trinajstić information content (AvgIpc) is 2.96. The van der Waals surface area contributed by atoms with Gasteiger partial charge in [0, 0.05) is 12.0 Å². The van der Waals surface area contributed by atoms with Crippen molar-refractivity contribution < 1.29 is 4.79 Å². The second-order valence-electron chi connectivity index (χ2n) is 14.2. The Balaban J connectivity index is 1.61. The molecule has 7 atom stereocenters. The third-order valence-corrected chi connectivity index (χ3v) is 12.5. The molecule has 0 aromatic rings. The molecule has 2 nitrogen and oxygen atoms in total. The molecular formula is C30H47NO. The van der Waals surface area contributed by atoms with E-state index < -0.39 is 0 Å². The summed E-state index contributed by atoms with van der Waals surface area (Å²) >= 11 is 0. The van der Waals surface area contributed by atoms with E-state index in [9.17, 15) is 4.79 Å². The van der Waals surface area contributed by atoms with Gasteiger partial charge in [0.1, 0.15) is 0 Å². The van der Waals surface area contributed by atoms with E-state index in [0.29, 0.717) is 34.4 Å². The Kier molecular flexibility index (Phi) is 4.73. The van der Waals surface area contributed by atoms with Gasteiger partial charge >= 0.3 is 0 Å². The fraction of sp³-hybridized carbons (Fsp3) is 0.833. The molecule has 0 bridgehead atoms. The van der Waals surface area contributed by atoms with Gasteiger partial charge < -0.3 is 5.73 Å². The summed E-state index contributed by atoms with van der Waals surface area (Å²) in [4.78, 5) is 13.1. The second kappa shape index (κ2) is 6.61. The number of hydrogen-bond donors (Lipinski definition) is 1. The Morgan fingerprint density at radius 1 is 0.938 bits per heavy atom. The fourth-order valence-electron chi connectivity index (χ4n) is 10.4. The van der Waals surface area contributed by atoms with Crippen molar-refractivity contribution in [2.24, 2.45) is 51.1 Å². The Bertz CT molecular complexity index is 923. The monoisotopic (exact) mass is 437 g/mol. The molecule has 5 rings (SSSR count). The SMILES string of the molecule is CC1=CC[C@]2(C)[C@H]3CC[C@@H]4C5=C(C(C)C)C(=O)C[C@]5(N)CC[C@@]4(C)[C@]3(C)CC[C@H]2C1(C)C. The van der Waals surface area contributed by atoms with Crippen LogP contribution in [-0.4, -0.2) is 11.3 Å². The summed E-state index contributed by atoms with van der Waals surface area (Å²) in [7, 11) is 0. The summed E-state index contributed by atoms with van der Waals surface area (Å²) in [5, 5.41) is 0. The summed E-state index contributed by atoms with van der Waals surface area (Å²) in [5.41, 5.74) is 12.0. The molecule has 0 amide bonds. The third kappa shape index (κ3) is 2.54.